The average Bonchev–Trinajstić information content (AvgIpc) is 2.92. The number of nitriles is 1. The number of hydroxylamine groups is 1. The first-order chi connectivity index (χ1) is 17.8. The fourth-order valence-electron chi connectivity index (χ4n) is 2.64. The minimum atomic E-state index is -2.02. The number of nitrogens with zero attached hydrogens (tertiary/aromatic N) is 3. The normalized spacial score (nSPS) is 11.0. The zero-order valence-electron chi connectivity index (χ0n) is 21.1. The van der Waals surface area contributed by atoms with Gasteiger partial charge in [-0.15, -0.1) is 0 Å². The molecule has 2 N–H and O–H groups in total. The number of carbonyl (C=O) groups excluding carboxylic acids is 2. The standard InChI is InChI=1S/C22H25FN4O7S.C2H6/c1-26(22(29)33-12-11-32-2)9-10-27(15-21(28)25-30)35(31)18-7-8-20(19(23)13-18)34-17-5-3-16(14-24)4-6-17;1-2/h3-8,13,30H,9-12,15H2,1-2H3,(H,25,28);1-2H3. The van der Waals surface area contributed by atoms with Gasteiger partial charge in [-0.3, -0.25) is 10.0 Å². The minimum Gasteiger partial charge on any atom is -0.454 e. The van der Waals surface area contributed by atoms with E-state index >= 15 is 0 Å². The number of rotatable bonds is 12. The predicted octanol–water partition coefficient (Wildman–Crippen LogP) is 3.06. The molecule has 0 aliphatic heterocycles. The number of hydrogen-bond acceptors (Lipinski definition) is 8. The van der Waals surface area contributed by atoms with Crippen LogP contribution in [0.3, 0.4) is 0 Å². The first-order valence-corrected chi connectivity index (χ1v) is 12.3. The number of nitrogens with one attached hydrogen (secondary N) is 1. The van der Waals surface area contributed by atoms with Crippen LogP contribution in [0, 0.1) is 17.1 Å². The second kappa shape index (κ2) is 17.0. The molecule has 0 aliphatic rings. The van der Waals surface area contributed by atoms with E-state index in [1.807, 2.05) is 19.9 Å². The number of likely N-dealkylation sites (N-methyl/N-ethyl adjacent to an activating group) is 1. The number of hydrogen-bond donors (Lipinski definition) is 2. The van der Waals surface area contributed by atoms with Crippen LogP contribution in [-0.2, 0) is 25.3 Å². The maximum atomic E-state index is 14.7. The molecule has 2 amide bonds. The molecule has 0 fully saturated rings. The lowest BCUT2D eigenvalue weighted by atomic mass is 10.2. The van der Waals surface area contributed by atoms with Gasteiger partial charge in [-0.2, -0.15) is 5.26 Å². The first kappa shape index (κ1) is 31.5. The summed E-state index contributed by atoms with van der Waals surface area (Å²) in [5.74, 6) is -1.47. The fraction of sp³-hybridized carbons (Fsp3) is 0.375. The lowest BCUT2D eigenvalue weighted by molar-refractivity contribution is -0.129. The molecule has 2 aromatic rings. The molecule has 202 valence electrons. The summed E-state index contributed by atoms with van der Waals surface area (Å²) in [6.45, 7) is 3.77. The zero-order valence-corrected chi connectivity index (χ0v) is 21.9. The highest BCUT2D eigenvalue weighted by Crippen LogP contribution is 2.27. The largest absolute Gasteiger partial charge is 0.454 e. The molecular weight excluding hydrogens is 507 g/mol. The quantitative estimate of drug-likeness (QED) is 0.239. The van der Waals surface area contributed by atoms with Crippen molar-refractivity contribution in [3.05, 3.63) is 53.8 Å². The molecule has 0 heterocycles. The third-order valence-corrected chi connectivity index (χ3v) is 5.94. The summed E-state index contributed by atoms with van der Waals surface area (Å²) in [6.07, 6.45) is -0.644. The van der Waals surface area contributed by atoms with Crippen molar-refractivity contribution in [3.63, 3.8) is 0 Å². The summed E-state index contributed by atoms with van der Waals surface area (Å²) in [5.41, 5.74) is 1.87. The van der Waals surface area contributed by atoms with Crippen molar-refractivity contribution in [2.45, 2.75) is 18.7 Å². The van der Waals surface area contributed by atoms with Crippen LogP contribution in [0.15, 0.2) is 47.4 Å². The van der Waals surface area contributed by atoms with Gasteiger partial charge in [0.2, 0.25) is 0 Å². The lowest BCUT2D eigenvalue weighted by Gasteiger charge is -2.23. The Bertz CT molecular complexity index is 1080. The molecule has 0 radical (unpaired) electrons. The molecule has 0 bridgehead atoms. The van der Waals surface area contributed by atoms with Gasteiger partial charge < -0.3 is 19.1 Å². The van der Waals surface area contributed by atoms with E-state index in [0.717, 1.165) is 10.4 Å². The van der Waals surface area contributed by atoms with E-state index < -0.39 is 35.3 Å². The van der Waals surface area contributed by atoms with E-state index in [9.17, 15) is 18.2 Å². The third-order valence-electron chi connectivity index (χ3n) is 4.50. The van der Waals surface area contributed by atoms with Gasteiger partial charge in [0.15, 0.2) is 11.6 Å². The topological polar surface area (TPSA) is 141 Å². The van der Waals surface area contributed by atoms with Gasteiger partial charge >= 0.3 is 6.09 Å². The van der Waals surface area contributed by atoms with Gasteiger partial charge in [0.1, 0.15) is 23.3 Å². The molecule has 0 aliphatic carbocycles. The van der Waals surface area contributed by atoms with E-state index in [-0.39, 0.29) is 36.9 Å². The summed E-state index contributed by atoms with van der Waals surface area (Å²) in [7, 11) is 0.901. The van der Waals surface area contributed by atoms with Crippen molar-refractivity contribution in [1.29, 1.82) is 5.26 Å². The maximum absolute atomic E-state index is 14.7. The van der Waals surface area contributed by atoms with Crippen molar-refractivity contribution in [3.8, 4) is 17.6 Å². The molecular formula is C24H31FN4O7S. The molecule has 11 nitrogen and oxygen atoms in total. The molecule has 0 spiro atoms. The van der Waals surface area contributed by atoms with Crippen molar-refractivity contribution in [2.75, 3.05) is 47.0 Å². The van der Waals surface area contributed by atoms with E-state index in [0.29, 0.717) is 11.3 Å². The predicted molar refractivity (Wildman–Crippen MR) is 133 cm³/mol. The summed E-state index contributed by atoms with van der Waals surface area (Å²) in [4.78, 5) is 24.9. The molecule has 2 rings (SSSR count). The van der Waals surface area contributed by atoms with Crippen molar-refractivity contribution >= 4 is 23.0 Å². The van der Waals surface area contributed by atoms with Crippen molar-refractivity contribution in [1.82, 2.24) is 14.7 Å². The van der Waals surface area contributed by atoms with Gasteiger partial charge in [-0.1, -0.05) is 13.8 Å². The molecule has 13 heteroatoms. The molecule has 2 aromatic carbocycles. The first-order valence-electron chi connectivity index (χ1n) is 11.2. The fourth-order valence-corrected chi connectivity index (χ4v) is 3.81. The number of carbonyl (C=O) groups is 2. The second-order valence-corrected chi connectivity index (χ2v) is 8.49. The lowest BCUT2D eigenvalue weighted by Crippen LogP contribution is -2.42. The Hall–Kier alpha value is -3.57. The smallest absolute Gasteiger partial charge is 0.409 e. The summed E-state index contributed by atoms with van der Waals surface area (Å²) in [5, 5.41) is 17.7. The number of halogens is 1. The molecule has 1 unspecified atom stereocenters. The number of amides is 2. The molecule has 0 saturated carbocycles. The third kappa shape index (κ3) is 10.5. The van der Waals surface area contributed by atoms with Crippen LogP contribution in [-0.4, -0.2) is 77.6 Å². The molecule has 37 heavy (non-hydrogen) atoms. The van der Waals surface area contributed by atoms with Crippen molar-refractivity contribution < 1.29 is 37.6 Å². The molecule has 1 atom stereocenters. The Morgan fingerprint density at radius 3 is 2.38 bits per heavy atom. The number of benzene rings is 2. The van der Waals surface area contributed by atoms with Gasteiger partial charge in [0.25, 0.3) is 5.91 Å². The van der Waals surface area contributed by atoms with Gasteiger partial charge in [-0.25, -0.2) is 23.2 Å². The van der Waals surface area contributed by atoms with Crippen molar-refractivity contribution in [2.24, 2.45) is 0 Å². The highest BCUT2D eigenvalue weighted by Gasteiger charge is 2.22. The Kier molecular flexibility index (Phi) is 14.4. The van der Waals surface area contributed by atoms with Crippen LogP contribution in [0.2, 0.25) is 0 Å². The average molecular weight is 539 g/mol. The Labute approximate surface area is 217 Å². The van der Waals surface area contributed by atoms with E-state index in [1.165, 1.54) is 60.9 Å². The molecule has 0 saturated heterocycles. The van der Waals surface area contributed by atoms with E-state index in [2.05, 4.69) is 0 Å². The SMILES string of the molecule is CC.COCCOC(=O)N(C)CCN(CC(=O)NO)S(=O)c1ccc(Oc2ccc(C#N)cc2)c(F)c1. The highest BCUT2D eigenvalue weighted by atomic mass is 32.2. The van der Waals surface area contributed by atoms with Crippen LogP contribution in [0.25, 0.3) is 0 Å². The number of methoxy groups -OCH3 is 1. The highest BCUT2D eigenvalue weighted by molar-refractivity contribution is 7.82. The van der Waals surface area contributed by atoms with Gasteiger partial charge in [0, 0.05) is 27.2 Å². The zero-order chi connectivity index (χ0) is 27.8. The monoisotopic (exact) mass is 538 g/mol. The Morgan fingerprint density at radius 2 is 1.81 bits per heavy atom. The van der Waals surface area contributed by atoms with Gasteiger partial charge in [0.05, 0.1) is 29.7 Å². The Balaban J connectivity index is 0.00000334. The summed E-state index contributed by atoms with van der Waals surface area (Å²) < 4.78 is 44.2. The summed E-state index contributed by atoms with van der Waals surface area (Å²) >= 11 is 0. The number of ether oxygens (including phenoxy) is 3. The van der Waals surface area contributed by atoms with Crippen LogP contribution in [0.5, 0.6) is 11.5 Å². The Morgan fingerprint density at radius 1 is 1.14 bits per heavy atom. The maximum Gasteiger partial charge on any atom is 0.409 e. The second-order valence-electron chi connectivity index (χ2n) is 7.01. The van der Waals surface area contributed by atoms with Crippen LogP contribution < -0.4 is 10.2 Å². The van der Waals surface area contributed by atoms with E-state index in [4.69, 9.17) is 24.7 Å². The van der Waals surface area contributed by atoms with Crippen LogP contribution in [0.1, 0.15) is 19.4 Å². The van der Waals surface area contributed by atoms with E-state index in [1.54, 1.807) is 0 Å². The summed E-state index contributed by atoms with van der Waals surface area (Å²) in [6, 6.07) is 11.7. The van der Waals surface area contributed by atoms with Crippen LogP contribution >= 0.6 is 0 Å². The minimum absolute atomic E-state index is 0.0264. The van der Waals surface area contributed by atoms with Gasteiger partial charge in [-0.05, 0) is 42.5 Å². The van der Waals surface area contributed by atoms with Crippen LogP contribution in [0.4, 0.5) is 9.18 Å². The molecule has 0 aromatic heterocycles.